The van der Waals surface area contributed by atoms with Crippen molar-refractivity contribution < 1.29 is 47.8 Å². The van der Waals surface area contributed by atoms with Gasteiger partial charge in [0.2, 0.25) is 5.91 Å². The van der Waals surface area contributed by atoms with Crippen molar-refractivity contribution in [2.75, 3.05) is 19.8 Å². The molecule has 0 bridgehead atoms. The van der Waals surface area contributed by atoms with E-state index in [4.69, 9.17) is 13.8 Å². The van der Waals surface area contributed by atoms with Crippen LogP contribution in [-0.4, -0.2) is 64.9 Å². The number of esters is 1. The SMILES string of the molecule is CCCCC/C=C\C/C=C\C/C=C\C/C=C\CCCCCCCCCC(=O)OCC(O)COP(=O)(O)OCC(NC(=O)CCCCCCCC)C(=O)O. The van der Waals surface area contributed by atoms with Crippen LogP contribution in [-0.2, 0) is 32.7 Å². The zero-order chi connectivity index (χ0) is 39.3. The number of aliphatic hydroxyl groups excluding tert-OH is 1. The molecule has 0 fully saturated rings. The molecule has 53 heavy (non-hydrogen) atoms. The molecular formula is C41H72NO10P. The minimum atomic E-state index is -4.74. The summed E-state index contributed by atoms with van der Waals surface area (Å²) in [6.45, 7) is 2.44. The van der Waals surface area contributed by atoms with Crippen molar-refractivity contribution in [2.45, 2.75) is 174 Å². The molecule has 3 atom stereocenters. The second-order valence-electron chi connectivity index (χ2n) is 13.5. The predicted octanol–water partition coefficient (Wildman–Crippen LogP) is 9.83. The number of allylic oxidation sites excluding steroid dienone is 8. The first-order valence-corrected chi connectivity index (χ1v) is 21.7. The van der Waals surface area contributed by atoms with Crippen molar-refractivity contribution in [3.05, 3.63) is 48.6 Å². The van der Waals surface area contributed by atoms with Gasteiger partial charge in [-0.1, -0.05) is 140 Å². The quantitative estimate of drug-likeness (QED) is 0.0207. The molecule has 3 unspecified atom stereocenters. The third kappa shape index (κ3) is 36.2. The molecule has 0 aliphatic rings. The Morgan fingerprint density at radius 3 is 1.58 bits per heavy atom. The molecule has 0 aliphatic heterocycles. The monoisotopic (exact) mass is 769 g/mol. The maximum atomic E-state index is 12.2. The Hall–Kier alpha value is -2.56. The van der Waals surface area contributed by atoms with Crippen LogP contribution >= 0.6 is 7.82 Å². The third-order valence-corrected chi connectivity index (χ3v) is 9.32. The average Bonchev–Trinajstić information content (AvgIpc) is 3.13. The van der Waals surface area contributed by atoms with E-state index in [2.05, 4.69) is 67.8 Å². The first kappa shape index (κ1) is 50.4. The van der Waals surface area contributed by atoms with Crippen LogP contribution in [0.5, 0.6) is 0 Å². The fourth-order valence-corrected chi connectivity index (χ4v) is 5.95. The highest BCUT2D eigenvalue weighted by atomic mass is 31.2. The summed E-state index contributed by atoms with van der Waals surface area (Å²) in [4.78, 5) is 45.4. The summed E-state index contributed by atoms with van der Waals surface area (Å²) in [7, 11) is -4.74. The van der Waals surface area contributed by atoms with E-state index >= 15 is 0 Å². The molecule has 1 amide bonds. The molecule has 0 saturated carbocycles. The summed E-state index contributed by atoms with van der Waals surface area (Å²) >= 11 is 0. The zero-order valence-electron chi connectivity index (χ0n) is 32.8. The lowest BCUT2D eigenvalue weighted by atomic mass is 10.1. The van der Waals surface area contributed by atoms with Crippen LogP contribution in [0, 0.1) is 0 Å². The van der Waals surface area contributed by atoms with Gasteiger partial charge in [0.15, 0.2) is 6.04 Å². The van der Waals surface area contributed by atoms with E-state index in [-0.39, 0.29) is 12.8 Å². The number of aliphatic carboxylic acids is 1. The lowest BCUT2D eigenvalue weighted by molar-refractivity contribution is -0.147. The van der Waals surface area contributed by atoms with E-state index in [9.17, 15) is 34.1 Å². The first-order valence-electron chi connectivity index (χ1n) is 20.2. The van der Waals surface area contributed by atoms with Crippen molar-refractivity contribution in [3.8, 4) is 0 Å². The number of phosphoric acid groups is 1. The number of carboxylic acid groups (broad SMARTS) is 1. The Labute approximate surface area is 320 Å². The largest absolute Gasteiger partial charge is 0.480 e. The molecule has 0 aliphatic carbocycles. The summed E-state index contributed by atoms with van der Waals surface area (Å²) in [5.41, 5.74) is 0. The summed E-state index contributed by atoms with van der Waals surface area (Å²) in [6, 6.07) is -1.54. The summed E-state index contributed by atoms with van der Waals surface area (Å²) in [5, 5.41) is 21.6. The topological polar surface area (TPSA) is 169 Å². The number of ether oxygens (including phenoxy) is 1. The molecule has 306 valence electrons. The van der Waals surface area contributed by atoms with Gasteiger partial charge in [0.05, 0.1) is 13.2 Å². The molecule has 4 N–H and O–H groups in total. The summed E-state index contributed by atoms with van der Waals surface area (Å²) in [6.07, 6.45) is 39.0. The van der Waals surface area contributed by atoms with E-state index < -0.39 is 57.6 Å². The zero-order valence-corrected chi connectivity index (χ0v) is 33.7. The van der Waals surface area contributed by atoms with E-state index in [1.54, 1.807) is 0 Å². The fourth-order valence-electron chi connectivity index (χ4n) is 5.18. The lowest BCUT2D eigenvalue weighted by Crippen LogP contribution is -2.43. The lowest BCUT2D eigenvalue weighted by Gasteiger charge is -2.18. The number of phosphoric ester groups is 1. The highest BCUT2D eigenvalue weighted by Crippen LogP contribution is 2.43. The molecule has 0 aromatic carbocycles. The summed E-state index contributed by atoms with van der Waals surface area (Å²) < 4.78 is 26.6. The number of aliphatic hydroxyl groups is 1. The van der Waals surface area contributed by atoms with Crippen molar-refractivity contribution in [1.29, 1.82) is 0 Å². The normalized spacial score (nSPS) is 14.3. The standard InChI is InChI=1S/C41H72NO10P/c1-3-5-7-9-11-12-13-14-15-16-17-18-19-20-21-22-23-24-25-26-27-29-31-33-40(45)50-34-37(43)35-51-53(48,49)52-36-38(41(46)47)42-39(44)32-30-28-10-8-6-4-2/h11-12,14-15,17-18,20-21,37-38,43H,3-10,13,16,19,22-36H2,1-2H3,(H,42,44)(H,46,47)(H,48,49)/b12-11-,15-14-,18-17-,21-20-. The van der Waals surface area contributed by atoms with Gasteiger partial charge in [0, 0.05) is 12.8 Å². The van der Waals surface area contributed by atoms with Crippen molar-refractivity contribution in [3.63, 3.8) is 0 Å². The second-order valence-corrected chi connectivity index (χ2v) is 14.9. The first-order chi connectivity index (χ1) is 25.6. The molecular weight excluding hydrogens is 697 g/mol. The smallest absolute Gasteiger partial charge is 0.472 e. The molecule has 0 rings (SSSR count). The van der Waals surface area contributed by atoms with Gasteiger partial charge in [-0.2, -0.15) is 0 Å². The highest BCUT2D eigenvalue weighted by molar-refractivity contribution is 7.47. The van der Waals surface area contributed by atoms with Gasteiger partial charge in [0.25, 0.3) is 0 Å². The number of carbonyl (C=O) groups excluding carboxylic acids is 2. The van der Waals surface area contributed by atoms with Gasteiger partial charge in [-0.05, 0) is 57.8 Å². The van der Waals surface area contributed by atoms with Crippen molar-refractivity contribution >= 4 is 25.7 Å². The molecule has 0 heterocycles. The van der Waals surface area contributed by atoms with Crippen molar-refractivity contribution in [2.24, 2.45) is 0 Å². The summed E-state index contributed by atoms with van der Waals surface area (Å²) in [5.74, 6) is -2.40. The van der Waals surface area contributed by atoms with E-state index in [1.807, 2.05) is 0 Å². The average molecular weight is 770 g/mol. The van der Waals surface area contributed by atoms with Crippen LogP contribution in [0.2, 0.25) is 0 Å². The number of hydrogen-bond donors (Lipinski definition) is 4. The fraction of sp³-hybridized carbons (Fsp3) is 0.732. The van der Waals surface area contributed by atoms with Crippen LogP contribution < -0.4 is 5.32 Å². The Bertz CT molecular complexity index is 1090. The number of hydrogen-bond acceptors (Lipinski definition) is 8. The van der Waals surface area contributed by atoms with Crippen LogP contribution in [0.3, 0.4) is 0 Å². The van der Waals surface area contributed by atoms with Gasteiger partial charge in [0.1, 0.15) is 12.7 Å². The van der Waals surface area contributed by atoms with Crippen LogP contribution in [0.15, 0.2) is 48.6 Å². The van der Waals surface area contributed by atoms with Crippen LogP contribution in [0.25, 0.3) is 0 Å². The molecule has 0 aromatic heterocycles. The van der Waals surface area contributed by atoms with E-state index in [0.717, 1.165) is 83.5 Å². The number of nitrogens with one attached hydrogen (secondary N) is 1. The van der Waals surface area contributed by atoms with Gasteiger partial charge >= 0.3 is 19.8 Å². The van der Waals surface area contributed by atoms with Crippen LogP contribution in [0.1, 0.15) is 162 Å². The van der Waals surface area contributed by atoms with Gasteiger partial charge in [-0.3, -0.25) is 18.6 Å². The Morgan fingerprint density at radius 1 is 0.604 bits per heavy atom. The van der Waals surface area contributed by atoms with Crippen LogP contribution in [0.4, 0.5) is 0 Å². The molecule has 11 nitrogen and oxygen atoms in total. The number of rotatable bonds is 37. The molecule has 0 aromatic rings. The number of unbranched alkanes of at least 4 members (excludes halogenated alkanes) is 15. The molecule has 0 radical (unpaired) electrons. The Kier molecular flexibility index (Phi) is 34.7. The van der Waals surface area contributed by atoms with Crippen molar-refractivity contribution in [1.82, 2.24) is 5.32 Å². The third-order valence-electron chi connectivity index (χ3n) is 8.37. The Morgan fingerprint density at radius 2 is 1.04 bits per heavy atom. The molecule has 0 saturated heterocycles. The Balaban J connectivity index is 3.85. The number of carbonyl (C=O) groups is 3. The predicted molar refractivity (Wildman–Crippen MR) is 212 cm³/mol. The van der Waals surface area contributed by atoms with Gasteiger partial charge in [-0.15, -0.1) is 0 Å². The van der Waals surface area contributed by atoms with Gasteiger partial charge < -0.3 is 25.2 Å². The van der Waals surface area contributed by atoms with Gasteiger partial charge in [-0.25, -0.2) is 9.36 Å². The highest BCUT2D eigenvalue weighted by Gasteiger charge is 2.28. The number of amides is 1. The van der Waals surface area contributed by atoms with E-state index in [1.165, 1.54) is 38.5 Å². The molecule has 0 spiro atoms. The number of carboxylic acids is 1. The maximum absolute atomic E-state index is 12.2. The second kappa shape index (κ2) is 36.4. The minimum Gasteiger partial charge on any atom is -0.480 e. The minimum absolute atomic E-state index is 0.141. The molecule has 12 heteroatoms. The van der Waals surface area contributed by atoms with E-state index in [0.29, 0.717) is 12.8 Å². The maximum Gasteiger partial charge on any atom is 0.472 e.